The molecule has 6 heteroatoms. The quantitative estimate of drug-likeness (QED) is 0.752. The Hall–Kier alpha value is -1.89. The van der Waals surface area contributed by atoms with Crippen LogP contribution in [-0.2, 0) is 17.7 Å². The summed E-state index contributed by atoms with van der Waals surface area (Å²) < 4.78 is 17.0. The summed E-state index contributed by atoms with van der Waals surface area (Å²) in [6.45, 7) is 11.4. The maximum Gasteiger partial charge on any atom is 0.336 e. The predicted molar refractivity (Wildman–Crippen MR) is 104 cm³/mol. The molecular weight excluding hydrogens is 344 g/mol. The number of rotatable bonds is 5. The third-order valence-corrected chi connectivity index (χ3v) is 5.60. The van der Waals surface area contributed by atoms with Gasteiger partial charge in [0.25, 0.3) is 0 Å². The van der Waals surface area contributed by atoms with E-state index in [1.165, 1.54) is 5.56 Å². The maximum atomic E-state index is 11.9. The molecule has 1 aromatic carbocycles. The van der Waals surface area contributed by atoms with Crippen molar-refractivity contribution in [1.82, 2.24) is 9.80 Å². The summed E-state index contributed by atoms with van der Waals surface area (Å²) in [5.74, 6) is 0.878. The molecule has 1 saturated heterocycles. The predicted octanol–water partition coefficient (Wildman–Crippen LogP) is 2.54. The second-order valence-corrected chi connectivity index (χ2v) is 7.44. The Balaban J connectivity index is 1.49. The third-order valence-electron chi connectivity index (χ3n) is 5.60. The van der Waals surface area contributed by atoms with E-state index in [0.717, 1.165) is 81.0 Å². The molecule has 2 aromatic rings. The van der Waals surface area contributed by atoms with Crippen molar-refractivity contribution in [2.75, 3.05) is 46.1 Å². The molecule has 0 radical (unpaired) electrons. The zero-order valence-corrected chi connectivity index (χ0v) is 16.3. The average Bonchev–Trinajstić information content (AvgIpc) is 2.69. The molecule has 1 fully saturated rings. The van der Waals surface area contributed by atoms with E-state index in [9.17, 15) is 4.79 Å². The number of hydrogen-bond acceptors (Lipinski definition) is 6. The van der Waals surface area contributed by atoms with E-state index in [1.807, 2.05) is 6.92 Å². The van der Waals surface area contributed by atoms with E-state index < -0.39 is 0 Å². The second-order valence-electron chi connectivity index (χ2n) is 7.44. The number of ether oxygens (including phenoxy) is 2. The molecular formula is C21H28N2O4. The summed E-state index contributed by atoms with van der Waals surface area (Å²) in [5.41, 5.74) is 3.53. The summed E-state index contributed by atoms with van der Waals surface area (Å²) in [6.07, 6.45) is 1.94. The molecule has 4 rings (SSSR count). The van der Waals surface area contributed by atoms with Gasteiger partial charge in [-0.1, -0.05) is 6.92 Å². The van der Waals surface area contributed by atoms with E-state index >= 15 is 0 Å². The van der Waals surface area contributed by atoms with Gasteiger partial charge in [-0.05, 0) is 37.9 Å². The molecule has 1 aromatic heterocycles. The summed E-state index contributed by atoms with van der Waals surface area (Å²) in [4.78, 5) is 16.7. The fourth-order valence-corrected chi connectivity index (χ4v) is 4.11. The summed E-state index contributed by atoms with van der Waals surface area (Å²) in [7, 11) is 0. The molecule has 146 valence electrons. The van der Waals surface area contributed by atoms with Gasteiger partial charge in [0, 0.05) is 48.8 Å². The van der Waals surface area contributed by atoms with Gasteiger partial charge in [0.15, 0.2) is 0 Å². The molecule has 0 saturated carbocycles. The van der Waals surface area contributed by atoms with Gasteiger partial charge in [0.1, 0.15) is 18.1 Å². The Morgan fingerprint density at radius 1 is 1.11 bits per heavy atom. The van der Waals surface area contributed by atoms with E-state index in [0.29, 0.717) is 12.3 Å². The van der Waals surface area contributed by atoms with Crippen LogP contribution >= 0.6 is 0 Å². The number of nitrogens with zero attached hydrogens (tertiary/aromatic N) is 2. The van der Waals surface area contributed by atoms with Gasteiger partial charge in [0.05, 0.1) is 13.2 Å². The van der Waals surface area contributed by atoms with Crippen molar-refractivity contribution in [2.45, 2.75) is 33.2 Å². The van der Waals surface area contributed by atoms with Crippen LogP contribution in [0.2, 0.25) is 0 Å². The molecule has 0 aliphatic carbocycles. The van der Waals surface area contributed by atoms with Crippen LogP contribution in [0.4, 0.5) is 0 Å². The van der Waals surface area contributed by atoms with Crippen LogP contribution in [0.15, 0.2) is 21.3 Å². The molecule has 0 spiro atoms. The van der Waals surface area contributed by atoms with Gasteiger partial charge in [0.2, 0.25) is 0 Å². The smallest absolute Gasteiger partial charge is 0.336 e. The molecule has 6 nitrogen and oxygen atoms in total. The molecule has 3 heterocycles. The minimum Gasteiger partial charge on any atom is -0.477 e. The lowest BCUT2D eigenvalue weighted by Gasteiger charge is -2.31. The van der Waals surface area contributed by atoms with Crippen molar-refractivity contribution in [3.8, 4) is 5.75 Å². The van der Waals surface area contributed by atoms with Gasteiger partial charge in [-0.3, -0.25) is 9.80 Å². The minimum atomic E-state index is -0.289. The standard InChI is InChI=1S/C21H28N2O4/c1-3-16-12-19(24)27-21-15(2)20-17(11-18(16)21)13-23(14-26-20)6-4-5-22-7-9-25-10-8-22/h11-12H,3-10,13-14H2,1-2H3. The lowest BCUT2D eigenvalue weighted by molar-refractivity contribution is 0.0330. The molecule has 0 amide bonds. The summed E-state index contributed by atoms with van der Waals surface area (Å²) in [5, 5.41) is 1.03. The SMILES string of the molecule is CCc1cc(=O)oc2c(C)c3c(cc12)CN(CCCN1CCOCC1)CO3. The second kappa shape index (κ2) is 8.00. The first-order chi connectivity index (χ1) is 13.2. The first kappa shape index (κ1) is 18.5. The van der Waals surface area contributed by atoms with E-state index in [1.54, 1.807) is 6.07 Å². The maximum absolute atomic E-state index is 11.9. The van der Waals surface area contributed by atoms with Gasteiger partial charge in [-0.25, -0.2) is 4.79 Å². The van der Waals surface area contributed by atoms with Crippen molar-refractivity contribution in [3.63, 3.8) is 0 Å². The number of morpholine rings is 1. The summed E-state index contributed by atoms with van der Waals surface area (Å²) >= 11 is 0. The van der Waals surface area contributed by atoms with E-state index in [-0.39, 0.29) is 5.63 Å². The lowest BCUT2D eigenvalue weighted by Crippen LogP contribution is -2.39. The zero-order chi connectivity index (χ0) is 18.8. The van der Waals surface area contributed by atoms with Crippen molar-refractivity contribution in [2.24, 2.45) is 0 Å². The normalized spacial score (nSPS) is 18.4. The molecule has 0 unspecified atom stereocenters. The van der Waals surface area contributed by atoms with Crippen molar-refractivity contribution >= 4 is 11.0 Å². The molecule has 27 heavy (non-hydrogen) atoms. The fourth-order valence-electron chi connectivity index (χ4n) is 4.11. The van der Waals surface area contributed by atoms with Crippen LogP contribution in [0, 0.1) is 6.92 Å². The Morgan fingerprint density at radius 2 is 1.89 bits per heavy atom. The van der Waals surface area contributed by atoms with Crippen LogP contribution in [0.5, 0.6) is 5.75 Å². The van der Waals surface area contributed by atoms with Crippen LogP contribution < -0.4 is 10.4 Å². The van der Waals surface area contributed by atoms with Crippen molar-refractivity contribution < 1.29 is 13.9 Å². The topological polar surface area (TPSA) is 55.2 Å². The lowest BCUT2D eigenvalue weighted by atomic mass is 9.99. The number of benzene rings is 1. The summed E-state index contributed by atoms with van der Waals surface area (Å²) in [6, 6.07) is 3.76. The first-order valence-corrected chi connectivity index (χ1v) is 9.90. The van der Waals surface area contributed by atoms with Crippen molar-refractivity contribution in [1.29, 1.82) is 0 Å². The van der Waals surface area contributed by atoms with Crippen LogP contribution in [0.3, 0.4) is 0 Å². The van der Waals surface area contributed by atoms with Gasteiger partial charge in [-0.15, -0.1) is 0 Å². The average molecular weight is 372 g/mol. The highest BCUT2D eigenvalue weighted by molar-refractivity contribution is 5.86. The van der Waals surface area contributed by atoms with Gasteiger partial charge in [-0.2, -0.15) is 0 Å². The highest BCUT2D eigenvalue weighted by atomic mass is 16.5. The molecule has 0 atom stereocenters. The number of aryl methyl sites for hydroxylation is 2. The zero-order valence-electron chi connectivity index (χ0n) is 16.3. The first-order valence-electron chi connectivity index (χ1n) is 9.90. The Kier molecular flexibility index (Phi) is 5.48. The monoisotopic (exact) mass is 372 g/mol. The Morgan fingerprint density at radius 3 is 2.67 bits per heavy atom. The molecule has 0 bridgehead atoms. The molecule has 2 aliphatic rings. The number of fused-ring (bicyclic) bond motifs is 2. The largest absolute Gasteiger partial charge is 0.477 e. The third kappa shape index (κ3) is 3.88. The van der Waals surface area contributed by atoms with Crippen molar-refractivity contribution in [3.05, 3.63) is 39.2 Å². The Labute approximate surface area is 159 Å². The molecule has 0 N–H and O–H groups in total. The fraction of sp³-hybridized carbons (Fsp3) is 0.571. The number of hydrogen-bond donors (Lipinski definition) is 0. The van der Waals surface area contributed by atoms with Crippen LogP contribution in [0.1, 0.15) is 30.0 Å². The molecule has 2 aliphatic heterocycles. The van der Waals surface area contributed by atoms with Gasteiger partial charge < -0.3 is 13.9 Å². The van der Waals surface area contributed by atoms with Gasteiger partial charge >= 0.3 is 5.63 Å². The van der Waals surface area contributed by atoms with Crippen LogP contribution in [-0.4, -0.2) is 55.9 Å². The highest BCUT2D eigenvalue weighted by Gasteiger charge is 2.23. The van der Waals surface area contributed by atoms with E-state index in [2.05, 4.69) is 22.8 Å². The highest BCUT2D eigenvalue weighted by Crippen LogP contribution is 2.35. The minimum absolute atomic E-state index is 0.289. The van der Waals surface area contributed by atoms with E-state index in [4.69, 9.17) is 13.9 Å². The van der Waals surface area contributed by atoms with Crippen LogP contribution in [0.25, 0.3) is 11.0 Å². The Bertz CT molecular complexity index is 871.